The fourth-order valence-corrected chi connectivity index (χ4v) is 4.55. The van der Waals surface area contributed by atoms with Gasteiger partial charge in [0.15, 0.2) is 11.5 Å². The zero-order valence-electron chi connectivity index (χ0n) is 15.7. The molecule has 28 heavy (non-hydrogen) atoms. The highest BCUT2D eigenvalue weighted by atomic mass is 16.7. The maximum Gasteiger partial charge on any atom is 0.254 e. The summed E-state index contributed by atoms with van der Waals surface area (Å²) in [5.74, 6) is 2.25. The number of benzene rings is 2. The van der Waals surface area contributed by atoms with Gasteiger partial charge in [-0.3, -0.25) is 4.79 Å². The zero-order chi connectivity index (χ0) is 18.7. The van der Waals surface area contributed by atoms with E-state index in [1.807, 2.05) is 17.0 Å². The molecular weight excluding hydrogens is 352 g/mol. The Balaban J connectivity index is 1.34. The highest BCUT2D eigenvalue weighted by Crippen LogP contribution is 2.37. The third-order valence-corrected chi connectivity index (χ3v) is 6.21. The van der Waals surface area contributed by atoms with Gasteiger partial charge in [0.1, 0.15) is 0 Å². The summed E-state index contributed by atoms with van der Waals surface area (Å²) in [5, 5.41) is 1.29. The minimum Gasteiger partial charge on any atom is -0.454 e. The van der Waals surface area contributed by atoms with Crippen molar-refractivity contribution in [3.8, 4) is 11.5 Å². The van der Waals surface area contributed by atoms with Gasteiger partial charge in [0.2, 0.25) is 6.79 Å². The third-order valence-electron chi connectivity index (χ3n) is 6.21. The maximum absolute atomic E-state index is 13.2. The van der Waals surface area contributed by atoms with Crippen molar-refractivity contribution in [1.82, 2.24) is 9.47 Å². The first-order valence-electron chi connectivity index (χ1n) is 10.1. The van der Waals surface area contributed by atoms with E-state index in [0.29, 0.717) is 23.6 Å². The lowest BCUT2D eigenvalue weighted by Crippen LogP contribution is -2.36. The second-order valence-corrected chi connectivity index (χ2v) is 8.04. The largest absolute Gasteiger partial charge is 0.454 e. The van der Waals surface area contributed by atoms with Crippen LogP contribution in [0.3, 0.4) is 0 Å². The van der Waals surface area contributed by atoms with Crippen LogP contribution in [0.15, 0.2) is 42.5 Å². The maximum atomic E-state index is 13.2. The highest BCUT2D eigenvalue weighted by Gasteiger charge is 2.30. The van der Waals surface area contributed by atoms with Gasteiger partial charge in [0.25, 0.3) is 5.91 Å². The molecule has 1 fully saturated rings. The standard InChI is InChI=1S/C23H22N2O3/c26-23(16-7-8-21-22(11-16)28-14-27-21)24-10-9-20-18(13-24)17-3-1-2-4-19(17)25(20)12-15-5-6-15/h1-4,7-8,11,15H,5-6,9-10,12-14H2. The lowest BCUT2D eigenvalue weighted by Gasteiger charge is -2.28. The number of ether oxygens (including phenoxy) is 2. The minimum atomic E-state index is 0.0583. The number of para-hydroxylation sites is 1. The first-order valence-corrected chi connectivity index (χ1v) is 10.1. The van der Waals surface area contributed by atoms with Gasteiger partial charge in [-0.2, -0.15) is 0 Å². The first-order chi connectivity index (χ1) is 13.8. The normalized spacial score (nSPS) is 17.8. The van der Waals surface area contributed by atoms with Gasteiger partial charge in [-0.15, -0.1) is 0 Å². The molecule has 0 bridgehead atoms. The number of fused-ring (bicyclic) bond motifs is 4. The predicted octanol–water partition coefficient (Wildman–Crippen LogP) is 3.98. The summed E-state index contributed by atoms with van der Waals surface area (Å²) in [4.78, 5) is 15.1. The average Bonchev–Trinajstić information content (AvgIpc) is 3.34. The van der Waals surface area contributed by atoms with E-state index in [9.17, 15) is 4.79 Å². The SMILES string of the molecule is O=C(c1ccc2c(c1)OCO2)N1CCc2c(c3ccccc3n2CC2CC2)C1. The Morgan fingerprint density at radius 1 is 1.07 bits per heavy atom. The number of nitrogens with zero attached hydrogens (tertiary/aromatic N) is 2. The molecule has 2 aliphatic heterocycles. The molecule has 142 valence electrons. The molecule has 0 saturated heterocycles. The summed E-state index contributed by atoms with van der Waals surface area (Å²) < 4.78 is 13.3. The molecule has 0 radical (unpaired) electrons. The van der Waals surface area contributed by atoms with E-state index < -0.39 is 0 Å². The second kappa shape index (κ2) is 6.03. The predicted molar refractivity (Wildman–Crippen MR) is 106 cm³/mol. The number of hydrogen-bond acceptors (Lipinski definition) is 3. The van der Waals surface area contributed by atoms with Gasteiger partial charge >= 0.3 is 0 Å². The lowest BCUT2D eigenvalue weighted by atomic mass is 10.0. The summed E-state index contributed by atoms with van der Waals surface area (Å²) in [7, 11) is 0. The van der Waals surface area contributed by atoms with Crippen molar-refractivity contribution in [1.29, 1.82) is 0 Å². The molecule has 3 aliphatic rings. The number of carbonyl (C=O) groups excluding carboxylic acids is 1. The Kier molecular flexibility index (Phi) is 3.45. The highest BCUT2D eigenvalue weighted by molar-refractivity contribution is 5.96. The van der Waals surface area contributed by atoms with E-state index in [4.69, 9.17) is 9.47 Å². The summed E-state index contributed by atoms with van der Waals surface area (Å²) in [6.07, 6.45) is 3.60. The molecule has 1 amide bonds. The van der Waals surface area contributed by atoms with Gasteiger partial charge in [-0.1, -0.05) is 18.2 Å². The molecule has 0 spiro atoms. The zero-order valence-corrected chi connectivity index (χ0v) is 15.7. The molecule has 1 aliphatic carbocycles. The van der Waals surface area contributed by atoms with E-state index in [1.165, 1.54) is 35.0 Å². The Morgan fingerprint density at radius 3 is 2.82 bits per heavy atom. The van der Waals surface area contributed by atoms with Crippen LogP contribution in [0, 0.1) is 5.92 Å². The Morgan fingerprint density at radius 2 is 1.93 bits per heavy atom. The summed E-state index contributed by atoms with van der Waals surface area (Å²) >= 11 is 0. The van der Waals surface area contributed by atoms with Crippen molar-refractivity contribution in [3.63, 3.8) is 0 Å². The van der Waals surface area contributed by atoms with Gasteiger partial charge in [-0.05, 0) is 43.0 Å². The molecule has 0 unspecified atom stereocenters. The smallest absolute Gasteiger partial charge is 0.254 e. The van der Waals surface area contributed by atoms with E-state index in [2.05, 4.69) is 28.8 Å². The van der Waals surface area contributed by atoms with Crippen molar-refractivity contribution in [2.45, 2.75) is 32.4 Å². The van der Waals surface area contributed by atoms with Crippen LogP contribution in [0.25, 0.3) is 10.9 Å². The van der Waals surface area contributed by atoms with Crippen LogP contribution in [0.2, 0.25) is 0 Å². The summed E-state index contributed by atoms with van der Waals surface area (Å²) in [5.41, 5.74) is 4.71. The number of amides is 1. The Bertz CT molecular complexity index is 1100. The molecule has 5 heteroatoms. The molecule has 1 saturated carbocycles. The van der Waals surface area contributed by atoms with Crippen molar-refractivity contribution in [2.24, 2.45) is 5.92 Å². The van der Waals surface area contributed by atoms with Crippen LogP contribution in [0.1, 0.15) is 34.5 Å². The van der Waals surface area contributed by atoms with Crippen molar-refractivity contribution in [3.05, 3.63) is 59.3 Å². The third kappa shape index (κ3) is 2.49. The number of aromatic nitrogens is 1. The van der Waals surface area contributed by atoms with E-state index >= 15 is 0 Å². The average molecular weight is 374 g/mol. The molecular formula is C23H22N2O3. The van der Waals surface area contributed by atoms with Crippen molar-refractivity contribution >= 4 is 16.8 Å². The Hall–Kier alpha value is -2.95. The minimum absolute atomic E-state index is 0.0583. The quantitative estimate of drug-likeness (QED) is 0.697. The summed E-state index contributed by atoms with van der Waals surface area (Å²) in [6, 6.07) is 14.1. The fourth-order valence-electron chi connectivity index (χ4n) is 4.55. The van der Waals surface area contributed by atoms with Crippen LogP contribution in [0.5, 0.6) is 11.5 Å². The monoisotopic (exact) mass is 374 g/mol. The van der Waals surface area contributed by atoms with Gasteiger partial charge < -0.3 is 18.9 Å². The van der Waals surface area contributed by atoms with Crippen molar-refractivity contribution in [2.75, 3.05) is 13.3 Å². The van der Waals surface area contributed by atoms with Crippen LogP contribution in [0.4, 0.5) is 0 Å². The van der Waals surface area contributed by atoms with E-state index in [-0.39, 0.29) is 12.7 Å². The van der Waals surface area contributed by atoms with Crippen LogP contribution >= 0.6 is 0 Å². The molecule has 6 rings (SSSR count). The van der Waals surface area contributed by atoms with Crippen LogP contribution < -0.4 is 9.47 Å². The van der Waals surface area contributed by atoms with E-state index in [0.717, 1.165) is 25.4 Å². The van der Waals surface area contributed by atoms with Gasteiger partial charge in [-0.25, -0.2) is 0 Å². The molecule has 3 heterocycles. The first kappa shape index (κ1) is 16.0. The molecule has 0 N–H and O–H groups in total. The molecule has 2 aromatic carbocycles. The van der Waals surface area contributed by atoms with Crippen LogP contribution in [-0.2, 0) is 19.5 Å². The van der Waals surface area contributed by atoms with Crippen molar-refractivity contribution < 1.29 is 14.3 Å². The number of hydrogen-bond donors (Lipinski definition) is 0. The topological polar surface area (TPSA) is 43.7 Å². The molecule has 0 atom stereocenters. The lowest BCUT2D eigenvalue weighted by molar-refractivity contribution is 0.0733. The van der Waals surface area contributed by atoms with Gasteiger partial charge in [0, 0.05) is 53.8 Å². The second-order valence-electron chi connectivity index (χ2n) is 8.04. The fraction of sp³-hybridized carbons (Fsp3) is 0.348. The number of carbonyl (C=O) groups is 1. The molecule has 1 aromatic heterocycles. The Labute approximate surface area is 163 Å². The molecule has 5 nitrogen and oxygen atoms in total. The van der Waals surface area contributed by atoms with E-state index in [1.54, 1.807) is 6.07 Å². The van der Waals surface area contributed by atoms with Gasteiger partial charge in [0.05, 0.1) is 0 Å². The van der Waals surface area contributed by atoms with Crippen LogP contribution in [-0.4, -0.2) is 28.7 Å². The molecule has 3 aromatic rings. The number of rotatable bonds is 3. The summed E-state index contributed by atoms with van der Waals surface area (Å²) in [6.45, 7) is 2.76.